The van der Waals surface area contributed by atoms with Gasteiger partial charge in [0.2, 0.25) is 0 Å². The van der Waals surface area contributed by atoms with Crippen molar-refractivity contribution >= 4 is 23.4 Å². The van der Waals surface area contributed by atoms with Gasteiger partial charge in [-0.3, -0.25) is 0 Å². The molecule has 0 unspecified atom stereocenters. The van der Waals surface area contributed by atoms with Gasteiger partial charge in [0.1, 0.15) is 0 Å². The van der Waals surface area contributed by atoms with Crippen LogP contribution in [0.5, 0.6) is 0 Å². The van der Waals surface area contributed by atoms with Crippen LogP contribution >= 0.6 is 23.4 Å². The van der Waals surface area contributed by atoms with Crippen LogP contribution in [0.15, 0.2) is 23.1 Å². The molecule has 0 heterocycles. The molecule has 0 bridgehead atoms. The average molecular weight is 270 g/mol. The second kappa shape index (κ2) is 6.12. The highest BCUT2D eigenvalue weighted by atomic mass is 35.5. The molecule has 0 aromatic heterocycles. The number of hydrogen-bond donors (Lipinski definition) is 1. The Bertz CT molecular complexity index is 374. The van der Waals surface area contributed by atoms with Gasteiger partial charge in [-0.2, -0.15) is 0 Å². The second-order valence-electron chi connectivity index (χ2n) is 5.11. The molecule has 1 N–H and O–H groups in total. The number of hydrogen-bond acceptors (Lipinski definition) is 2. The molecule has 1 nitrogen and oxygen atoms in total. The van der Waals surface area contributed by atoms with Gasteiger partial charge in [0, 0.05) is 28.3 Å². The summed E-state index contributed by atoms with van der Waals surface area (Å²) in [5, 5.41) is 4.40. The molecule has 94 valence electrons. The molecular formula is C14H20ClNS. The minimum absolute atomic E-state index is 0.722. The Balaban J connectivity index is 2.00. The monoisotopic (exact) mass is 269 g/mol. The lowest BCUT2D eigenvalue weighted by Crippen LogP contribution is -2.15. The molecule has 1 saturated carbocycles. The van der Waals surface area contributed by atoms with E-state index in [4.69, 9.17) is 11.6 Å². The zero-order valence-electron chi connectivity index (χ0n) is 10.5. The van der Waals surface area contributed by atoms with Crippen molar-refractivity contribution < 1.29 is 0 Å². The Kier molecular flexibility index (Phi) is 4.78. The van der Waals surface area contributed by atoms with Crippen LogP contribution in [0, 0.1) is 5.92 Å². The third kappa shape index (κ3) is 4.53. The molecule has 0 aliphatic heterocycles. The molecule has 1 aromatic rings. The maximum Gasteiger partial charge on any atom is 0.0410 e. The van der Waals surface area contributed by atoms with Crippen LogP contribution in [0.1, 0.15) is 32.3 Å². The fourth-order valence-corrected chi connectivity index (χ4v) is 2.81. The van der Waals surface area contributed by atoms with Crippen molar-refractivity contribution in [2.45, 2.75) is 44.2 Å². The molecule has 1 aliphatic rings. The molecule has 1 aliphatic carbocycles. The summed E-state index contributed by atoms with van der Waals surface area (Å²) in [4.78, 5) is 1.37. The van der Waals surface area contributed by atoms with Crippen molar-refractivity contribution in [2.24, 2.45) is 5.92 Å². The van der Waals surface area contributed by atoms with Crippen molar-refractivity contribution in [2.75, 3.05) is 5.75 Å². The molecule has 1 fully saturated rings. The summed E-state index contributed by atoms with van der Waals surface area (Å²) in [5.74, 6) is 1.89. The Labute approximate surface area is 113 Å². The van der Waals surface area contributed by atoms with E-state index in [1.54, 1.807) is 0 Å². The van der Waals surface area contributed by atoms with Gasteiger partial charge in [0.05, 0.1) is 0 Å². The molecule has 17 heavy (non-hydrogen) atoms. The van der Waals surface area contributed by atoms with Crippen molar-refractivity contribution in [3.8, 4) is 0 Å². The van der Waals surface area contributed by atoms with E-state index in [1.807, 2.05) is 17.8 Å². The average Bonchev–Trinajstić information content (AvgIpc) is 3.08. The van der Waals surface area contributed by atoms with E-state index in [1.165, 1.54) is 23.3 Å². The SMILES string of the molecule is CC(C)CSc1ccc(Cl)cc1CNC1CC1. The summed E-state index contributed by atoms with van der Waals surface area (Å²) in [6, 6.07) is 6.99. The minimum atomic E-state index is 0.722. The lowest BCUT2D eigenvalue weighted by atomic mass is 10.2. The largest absolute Gasteiger partial charge is 0.310 e. The quantitative estimate of drug-likeness (QED) is 0.771. The van der Waals surface area contributed by atoms with E-state index < -0.39 is 0 Å². The van der Waals surface area contributed by atoms with E-state index in [0.717, 1.165) is 29.3 Å². The van der Waals surface area contributed by atoms with E-state index in [9.17, 15) is 0 Å². The molecule has 1 aromatic carbocycles. The Morgan fingerprint density at radius 3 is 2.82 bits per heavy atom. The molecule has 0 spiro atoms. The highest BCUT2D eigenvalue weighted by Crippen LogP contribution is 2.28. The second-order valence-corrected chi connectivity index (χ2v) is 6.61. The maximum absolute atomic E-state index is 6.07. The Morgan fingerprint density at radius 2 is 2.18 bits per heavy atom. The summed E-state index contributed by atoms with van der Waals surface area (Å²) >= 11 is 8.01. The molecule has 0 atom stereocenters. The zero-order valence-corrected chi connectivity index (χ0v) is 12.1. The van der Waals surface area contributed by atoms with E-state index in [-0.39, 0.29) is 0 Å². The zero-order chi connectivity index (χ0) is 12.3. The maximum atomic E-state index is 6.07. The number of benzene rings is 1. The van der Waals surface area contributed by atoms with Gasteiger partial charge in [-0.05, 0) is 42.5 Å². The van der Waals surface area contributed by atoms with E-state index in [2.05, 4.69) is 31.3 Å². The van der Waals surface area contributed by atoms with Crippen molar-refractivity contribution in [3.63, 3.8) is 0 Å². The highest BCUT2D eigenvalue weighted by Gasteiger charge is 2.20. The molecule has 2 rings (SSSR count). The third-order valence-corrected chi connectivity index (χ3v) is 4.53. The fourth-order valence-electron chi connectivity index (χ4n) is 1.63. The smallest absolute Gasteiger partial charge is 0.0410 e. The summed E-state index contributed by atoms with van der Waals surface area (Å²) in [5.41, 5.74) is 1.34. The topological polar surface area (TPSA) is 12.0 Å². The molecule has 3 heteroatoms. The van der Waals surface area contributed by atoms with Gasteiger partial charge in [-0.15, -0.1) is 11.8 Å². The van der Waals surface area contributed by atoms with Crippen LogP contribution in [0.25, 0.3) is 0 Å². The van der Waals surface area contributed by atoms with Crippen LogP contribution in [-0.2, 0) is 6.54 Å². The Hall–Kier alpha value is -0.180. The number of halogens is 1. The molecule has 0 amide bonds. The van der Waals surface area contributed by atoms with Gasteiger partial charge in [0.15, 0.2) is 0 Å². The summed E-state index contributed by atoms with van der Waals surface area (Å²) in [6.07, 6.45) is 2.66. The minimum Gasteiger partial charge on any atom is -0.310 e. The molecule has 0 saturated heterocycles. The van der Waals surface area contributed by atoms with Crippen LogP contribution < -0.4 is 5.32 Å². The number of thioether (sulfide) groups is 1. The lowest BCUT2D eigenvalue weighted by Gasteiger charge is -2.11. The summed E-state index contributed by atoms with van der Waals surface area (Å²) in [6.45, 7) is 5.46. The predicted octanol–water partition coefficient (Wildman–Crippen LogP) is 4.34. The predicted molar refractivity (Wildman–Crippen MR) is 76.9 cm³/mol. The van der Waals surface area contributed by atoms with Crippen LogP contribution in [0.2, 0.25) is 5.02 Å². The summed E-state index contributed by atoms with van der Waals surface area (Å²) < 4.78 is 0. The van der Waals surface area contributed by atoms with Gasteiger partial charge >= 0.3 is 0 Å². The first-order chi connectivity index (χ1) is 8.15. The first kappa shape index (κ1) is 13.3. The number of nitrogens with one attached hydrogen (secondary N) is 1. The number of rotatable bonds is 6. The standard InChI is InChI=1S/C14H20ClNS/c1-10(2)9-17-14-6-3-12(15)7-11(14)8-16-13-4-5-13/h3,6-7,10,13,16H,4-5,8-9H2,1-2H3. The normalized spacial score (nSPS) is 15.5. The van der Waals surface area contributed by atoms with Crippen molar-refractivity contribution in [3.05, 3.63) is 28.8 Å². The summed E-state index contributed by atoms with van der Waals surface area (Å²) in [7, 11) is 0. The third-order valence-electron chi connectivity index (χ3n) is 2.75. The van der Waals surface area contributed by atoms with Gasteiger partial charge < -0.3 is 5.32 Å². The Morgan fingerprint density at radius 1 is 1.41 bits per heavy atom. The first-order valence-electron chi connectivity index (χ1n) is 6.30. The van der Waals surface area contributed by atoms with Crippen LogP contribution in [0.3, 0.4) is 0 Å². The molecule has 0 radical (unpaired) electrons. The lowest BCUT2D eigenvalue weighted by molar-refractivity contribution is 0.680. The fraction of sp³-hybridized carbons (Fsp3) is 0.571. The van der Waals surface area contributed by atoms with Crippen LogP contribution in [-0.4, -0.2) is 11.8 Å². The van der Waals surface area contributed by atoms with Gasteiger partial charge in [-0.25, -0.2) is 0 Å². The highest BCUT2D eigenvalue weighted by molar-refractivity contribution is 7.99. The van der Waals surface area contributed by atoms with E-state index >= 15 is 0 Å². The van der Waals surface area contributed by atoms with Gasteiger partial charge in [-0.1, -0.05) is 25.4 Å². The van der Waals surface area contributed by atoms with Gasteiger partial charge in [0.25, 0.3) is 0 Å². The van der Waals surface area contributed by atoms with Crippen molar-refractivity contribution in [1.82, 2.24) is 5.32 Å². The molecular weight excluding hydrogens is 250 g/mol. The van der Waals surface area contributed by atoms with Crippen molar-refractivity contribution in [1.29, 1.82) is 0 Å². The van der Waals surface area contributed by atoms with Crippen LogP contribution in [0.4, 0.5) is 0 Å². The first-order valence-corrected chi connectivity index (χ1v) is 7.66. The van der Waals surface area contributed by atoms with E-state index in [0.29, 0.717) is 0 Å².